The van der Waals surface area contributed by atoms with Crippen LogP contribution in [0, 0.1) is 0 Å². The zero-order chi connectivity index (χ0) is 14.5. The molecule has 0 fully saturated rings. The van der Waals surface area contributed by atoms with E-state index in [1.54, 1.807) is 24.0 Å². The molecule has 0 aliphatic heterocycles. The number of nitrogens with zero attached hydrogens (tertiary/aromatic N) is 1. The van der Waals surface area contributed by atoms with Crippen LogP contribution in [0.3, 0.4) is 0 Å². The highest BCUT2D eigenvalue weighted by molar-refractivity contribution is 6.34. The molecule has 0 aliphatic rings. The lowest BCUT2D eigenvalue weighted by Crippen LogP contribution is -2.29. The van der Waals surface area contributed by atoms with E-state index in [2.05, 4.69) is 0 Å². The summed E-state index contributed by atoms with van der Waals surface area (Å²) in [7, 11) is 3.11. The molecule has 0 unspecified atom stereocenters. The number of aryl methyl sites for hydroxylation is 1. The standard InChI is InChI=1S/C15H15ClNO3/c1-17-8-12(15(18)19-2)14(16)13(9-17)20-10-11-6-4-3-5-7-11/h3-9H,10H2,1-2H3/q+1. The Morgan fingerprint density at radius 2 is 1.95 bits per heavy atom. The molecule has 20 heavy (non-hydrogen) atoms. The molecule has 0 atom stereocenters. The van der Waals surface area contributed by atoms with E-state index >= 15 is 0 Å². The summed E-state index contributed by atoms with van der Waals surface area (Å²) in [6, 6.07) is 9.72. The second kappa shape index (κ2) is 6.39. The van der Waals surface area contributed by atoms with Crippen molar-refractivity contribution in [2.45, 2.75) is 6.61 Å². The number of methoxy groups -OCH3 is 1. The lowest BCUT2D eigenvalue weighted by atomic mass is 10.2. The van der Waals surface area contributed by atoms with Crippen molar-refractivity contribution < 1.29 is 18.8 Å². The molecule has 0 saturated carbocycles. The maximum atomic E-state index is 11.6. The lowest BCUT2D eigenvalue weighted by Gasteiger charge is -2.08. The van der Waals surface area contributed by atoms with E-state index < -0.39 is 5.97 Å². The fourth-order valence-electron chi connectivity index (χ4n) is 1.76. The number of carbonyl (C=O) groups is 1. The summed E-state index contributed by atoms with van der Waals surface area (Å²) < 4.78 is 12.1. The van der Waals surface area contributed by atoms with E-state index in [0.717, 1.165) is 5.56 Å². The Morgan fingerprint density at radius 1 is 1.25 bits per heavy atom. The van der Waals surface area contributed by atoms with Gasteiger partial charge < -0.3 is 9.47 Å². The van der Waals surface area contributed by atoms with Crippen LogP contribution in [0.15, 0.2) is 42.7 Å². The van der Waals surface area contributed by atoms with Crippen molar-refractivity contribution >= 4 is 17.6 Å². The SMILES string of the molecule is COC(=O)c1c[n+](C)cc(OCc2ccccc2)c1Cl. The molecule has 1 heterocycles. The highest BCUT2D eigenvalue weighted by atomic mass is 35.5. The molecular weight excluding hydrogens is 278 g/mol. The summed E-state index contributed by atoms with van der Waals surface area (Å²) in [5, 5.41) is 0.255. The van der Waals surface area contributed by atoms with Crippen molar-refractivity contribution in [3.8, 4) is 5.75 Å². The van der Waals surface area contributed by atoms with Crippen molar-refractivity contribution in [3.63, 3.8) is 0 Å². The fourth-order valence-corrected chi connectivity index (χ4v) is 1.99. The van der Waals surface area contributed by atoms with Gasteiger partial charge >= 0.3 is 5.97 Å². The summed E-state index contributed by atoms with van der Waals surface area (Å²) in [5.41, 5.74) is 1.30. The predicted octanol–water partition coefficient (Wildman–Crippen LogP) is 2.53. The van der Waals surface area contributed by atoms with Crippen LogP contribution in [-0.4, -0.2) is 13.1 Å². The van der Waals surface area contributed by atoms with Crippen LogP contribution in [-0.2, 0) is 18.4 Å². The van der Waals surface area contributed by atoms with Crippen molar-refractivity contribution in [1.29, 1.82) is 0 Å². The normalized spacial score (nSPS) is 10.2. The van der Waals surface area contributed by atoms with Gasteiger partial charge in [0.05, 0.1) is 7.11 Å². The average molecular weight is 293 g/mol. The molecule has 0 spiro atoms. The van der Waals surface area contributed by atoms with E-state index in [4.69, 9.17) is 21.1 Å². The van der Waals surface area contributed by atoms with Crippen LogP contribution < -0.4 is 9.30 Å². The first kappa shape index (κ1) is 14.3. The Balaban J connectivity index is 2.23. The highest BCUT2D eigenvalue weighted by Crippen LogP contribution is 2.27. The van der Waals surface area contributed by atoms with Crippen molar-refractivity contribution in [1.82, 2.24) is 0 Å². The number of hydrogen-bond donors (Lipinski definition) is 0. The number of rotatable bonds is 4. The number of carbonyl (C=O) groups excluding carboxylic acids is 1. The van der Waals surface area contributed by atoms with Crippen molar-refractivity contribution in [3.05, 3.63) is 58.9 Å². The lowest BCUT2D eigenvalue weighted by molar-refractivity contribution is -0.672. The van der Waals surface area contributed by atoms with Crippen LogP contribution in [0.2, 0.25) is 5.02 Å². The van der Waals surface area contributed by atoms with Crippen LogP contribution in [0.4, 0.5) is 0 Å². The van der Waals surface area contributed by atoms with Gasteiger partial charge in [0.2, 0.25) is 11.9 Å². The fraction of sp³-hybridized carbons (Fsp3) is 0.200. The zero-order valence-corrected chi connectivity index (χ0v) is 12.1. The minimum atomic E-state index is -0.490. The predicted molar refractivity (Wildman–Crippen MR) is 74.7 cm³/mol. The molecule has 5 heteroatoms. The molecule has 0 N–H and O–H groups in total. The monoisotopic (exact) mass is 292 g/mol. The number of esters is 1. The molecule has 104 valence electrons. The number of ether oxygens (including phenoxy) is 2. The first-order valence-electron chi connectivity index (χ1n) is 6.05. The molecular formula is C15H15ClNO3+. The molecule has 2 aromatic rings. The topological polar surface area (TPSA) is 39.4 Å². The molecule has 1 aromatic carbocycles. The number of halogens is 1. The maximum Gasteiger partial charge on any atom is 0.345 e. The van der Waals surface area contributed by atoms with Crippen LogP contribution in [0.5, 0.6) is 5.75 Å². The number of aromatic nitrogens is 1. The third kappa shape index (κ3) is 3.27. The highest BCUT2D eigenvalue weighted by Gasteiger charge is 2.20. The first-order chi connectivity index (χ1) is 9.61. The van der Waals surface area contributed by atoms with Gasteiger partial charge in [-0.1, -0.05) is 41.9 Å². The van der Waals surface area contributed by atoms with Crippen LogP contribution >= 0.6 is 11.6 Å². The molecule has 0 bridgehead atoms. The summed E-state index contributed by atoms with van der Waals surface area (Å²) >= 11 is 6.18. The Hall–Kier alpha value is -2.07. The first-order valence-corrected chi connectivity index (χ1v) is 6.43. The molecule has 0 amide bonds. The van der Waals surface area contributed by atoms with Gasteiger partial charge in [-0.3, -0.25) is 0 Å². The third-order valence-corrected chi connectivity index (χ3v) is 3.14. The second-order valence-corrected chi connectivity index (χ2v) is 4.66. The second-order valence-electron chi connectivity index (χ2n) is 4.28. The van der Waals surface area contributed by atoms with Gasteiger partial charge in [0.1, 0.15) is 24.2 Å². The summed E-state index contributed by atoms with van der Waals surface area (Å²) in [5.74, 6) is -0.0447. The van der Waals surface area contributed by atoms with Gasteiger partial charge in [0, 0.05) is 0 Å². The quantitative estimate of drug-likeness (QED) is 0.642. The number of benzene rings is 1. The van der Waals surface area contributed by atoms with E-state index in [-0.39, 0.29) is 10.6 Å². The molecule has 0 radical (unpaired) electrons. The van der Waals surface area contributed by atoms with Gasteiger partial charge in [0.25, 0.3) is 0 Å². The minimum absolute atomic E-state index is 0.255. The third-order valence-electron chi connectivity index (χ3n) is 2.75. The van der Waals surface area contributed by atoms with Crippen molar-refractivity contribution in [2.75, 3.05) is 7.11 Å². The smallest absolute Gasteiger partial charge is 0.345 e. The largest absolute Gasteiger partial charge is 0.482 e. The molecule has 4 nitrogen and oxygen atoms in total. The van der Waals surface area contributed by atoms with E-state index in [0.29, 0.717) is 12.4 Å². The molecule has 2 rings (SSSR count). The average Bonchev–Trinajstić information content (AvgIpc) is 2.48. The number of hydrogen-bond acceptors (Lipinski definition) is 3. The van der Waals surface area contributed by atoms with Gasteiger partial charge in [0.15, 0.2) is 6.20 Å². The van der Waals surface area contributed by atoms with E-state index in [1.165, 1.54) is 7.11 Å². The van der Waals surface area contributed by atoms with Crippen molar-refractivity contribution in [2.24, 2.45) is 7.05 Å². The maximum absolute atomic E-state index is 11.6. The molecule has 0 saturated heterocycles. The Labute approximate surface area is 122 Å². The van der Waals surface area contributed by atoms with Gasteiger partial charge in [-0.25, -0.2) is 9.36 Å². The van der Waals surface area contributed by atoms with Crippen LogP contribution in [0.25, 0.3) is 0 Å². The minimum Gasteiger partial charge on any atom is -0.482 e. The molecule has 0 aliphatic carbocycles. The summed E-state index contributed by atoms with van der Waals surface area (Å²) in [4.78, 5) is 11.6. The zero-order valence-electron chi connectivity index (χ0n) is 11.3. The summed E-state index contributed by atoms with van der Waals surface area (Å²) in [6.45, 7) is 0.380. The summed E-state index contributed by atoms with van der Waals surface area (Å²) in [6.07, 6.45) is 3.32. The Morgan fingerprint density at radius 3 is 2.60 bits per heavy atom. The Bertz CT molecular complexity index is 614. The van der Waals surface area contributed by atoms with Gasteiger partial charge in [-0.05, 0) is 5.56 Å². The molecule has 1 aromatic heterocycles. The Kier molecular flexibility index (Phi) is 4.58. The van der Waals surface area contributed by atoms with Gasteiger partial charge in [-0.15, -0.1) is 0 Å². The van der Waals surface area contributed by atoms with Crippen LogP contribution in [0.1, 0.15) is 15.9 Å². The number of pyridine rings is 1. The van der Waals surface area contributed by atoms with Gasteiger partial charge in [-0.2, -0.15) is 0 Å². The van der Waals surface area contributed by atoms with E-state index in [1.807, 2.05) is 30.3 Å². The van der Waals surface area contributed by atoms with E-state index in [9.17, 15) is 4.79 Å².